The fraction of sp³-hybridized carbons (Fsp3) is 0.450. The zero-order valence-electron chi connectivity index (χ0n) is 15.2. The molecule has 1 aromatic carbocycles. The molecule has 1 amide bonds. The van der Waals surface area contributed by atoms with Gasteiger partial charge in [0.05, 0.1) is 5.56 Å². The van der Waals surface area contributed by atoms with E-state index in [0.29, 0.717) is 5.75 Å². The van der Waals surface area contributed by atoms with E-state index in [1.165, 1.54) is 5.57 Å². The minimum absolute atomic E-state index is 0.0298. The molecular formula is C20H27NO3. The van der Waals surface area contributed by atoms with Gasteiger partial charge < -0.3 is 14.8 Å². The molecule has 130 valence electrons. The number of rotatable bonds is 5. The molecule has 0 radical (unpaired) electrons. The van der Waals surface area contributed by atoms with Crippen LogP contribution in [0.5, 0.6) is 11.5 Å². The van der Waals surface area contributed by atoms with E-state index in [0.717, 1.165) is 24.2 Å². The maximum absolute atomic E-state index is 11.8. The van der Waals surface area contributed by atoms with Gasteiger partial charge in [-0.2, -0.15) is 0 Å². The van der Waals surface area contributed by atoms with Crippen molar-refractivity contribution in [2.45, 2.75) is 59.1 Å². The van der Waals surface area contributed by atoms with E-state index >= 15 is 0 Å². The lowest BCUT2D eigenvalue weighted by Gasteiger charge is -2.32. The zero-order valence-corrected chi connectivity index (χ0v) is 15.2. The highest BCUT2D eigenvalue weighted by Gasteiger charge is 2.28. The average molecular weight is 329 g/mol. The van der Waals surface area contributed by atoms with Crippen molar-refractivity contribution < 1.29 is 14.3 Å². The van der Waals surface area contributed by atoms with Gasteiger partial charge >= 0.3 is 6.09 Å². The lowest BCUT2D eigenvalue weighted by Crippen LogP contribution is -2.33. The Morgan fingerprint density at radius 2 is 2.12 bits per heavy atom. The maximum atomic E-state index is 11.8. The second-order valence-electron chi connectivity index (χ2n) is 6.92. The average Bonchev–Trinajstić information content (AvgIpc) is 2.45. The number of carbonyl (C=O) groups excluding carboxylic acids is 1. The number of carbonyl (C=O) groups is 1. The van der Waals surface area contributed by atoms with E-state index in [1.54, 1.807) is 6.07 Å². The fourth-order valence-corrected chi connectivity index (χ4v) is 2.56. The van der Waals surface area contributed by atoms with Gasteiger partial charge in [0, 0.05) is 6.04 Å². The number of fused-ring (bicyclic) bond motifs is 1. The van der Waals surface area contributed by atoms with Crippen LogP contribution in [-0.4, -0.2) is 17.7 Å². The Bertz CT molecular complexity index is 657. The Morgan fingerprint density at radius 1 is 1.38 bits per heavy atom. The molecule has 0 aromatic heterocycles. The van der Waals surface area contributed by atoms with E-state index in [1.807, 2.05) is 38.1 Å². The van der Waals surface area contributed by atoms with Gasteiger partial charge in [0.2, 0.25) is 0 Å². The van der Waals surface area contributed by atoms with Gasteiger partial charge in [-0.15, -0.1) is 0 Å². The highest BCUT2D eigenvalue weighted by molar-refractivity contribution is 5.75. The van der Waals surface area contributed by atoms with Gasteiger partial charge in [0.25, 0.3) is 0 Å². The Hall–Kier alpha value is -2.23. The third-order valence-corrected chi connectivity index (χ3v) is 3.77. The highest BCUT2D eigenvalue weighted by atomic mass is 16.6. The number of hydrogen-bond donors (Lipinski definition) is 1. The van der Waals surface area contributed by atoms with E-state index in [2.05, 4.69) is 32.2 Å². The molecule has 1 heterocycles. The fourth-order valence-electron chi connectivity index (χ4n) is 2.56. The molecule has 0 spiro atoms. The number of amides is 1. The molecule has 1 aliphatic rings. The van der Waals surface area contributed by atoms with Crippen LogP contribution in [0.2, 0.25) is 0 Å². The van der Waals surface area contributed by atoms with Crippen molar-refractivity contribution in [2.75, 3.05) is 0 Å². The van der Waals surface area contributed by atoms with Gasteiger partial charge in [0.15, 0.2) is 0 Å². The standard InChI is InChI=1S/C20H27NO3/c1-14(2)8-7-12-20(5)13-11-16-17(9-6-10-18(16)24-20)23-19(22)21-15(3)4/h6,8-11,13,15H,7,12H2,1-5H3,(H,21,22). The molecular weight excluding hydrogens is 302 g/mol. The van der Waals surface area contributed by atoms with Crippen molar-refractivity contribution in [3.63, 3.8) is 0 Å². The summed E-state index contributed by atoms with van der Waals surface area (Å²) in [6.45, 7) is 10.1. The first kappa shape index (κ1) is 18.1. The number of allylic oxidation sites excluding steroid dienone is 2. The van der Waals surface area contributed by atoms with E-state index < -0.39 is 6.09 Å². The van der Waals surface area contributed by atoms with E-state index in [4.69, 9.17) is 9.47 Å². The van der Waals surface area contributed by atoms with E-state index in [-0.39, 0.29) is 11.6 Å². The van der Waals surface area contributed by atoms with Crippen LogP contribution in [0.15, 0.2) is 35.9 Å². The summed E-state index contributed by atoms with van der Waals surface area (Å²) in [4.78, 5) is 11.8. The summed E-state index contributed by atoms with van der Waals surface area (Å²) < 4.78 is 11.6. The summed E-state index contributed by atoms with van der Waals surface area (Å²) in [5.41, 5.74) is 1.76. The van der Waals surface area contributed by atoms with Crippen LogP contribution in [0.3, 0.4) is 0 Å². The van der Waals surface area contributed by atoms with Crippen molar-refractivity contribution in [1.29, 1.82) is 0 Å². The molecule has 0 saturated heterocycles. The molecule has 0 aliphatic carbocycles. The minimum Gasteiger partial charge on any atom is -0.483 e. The third-order valence-electron chi connectivity index (χ3n) is 3.77. The molecule has 0 fully saturated rings. The summed E-state index contributed by atoms with van der Waals surface area (Å²) in [6, 6.07) is 5.55. The van der Waals surface area contributed by atoms with Crippen LogP contribution in [0.4, 0.5) is 4.79 Å². The predicted molar refractivity (Wildman–Crippen MR) is 97.5 cm³/mol. The smallest absolute Gasteiger partial charge is 0.412 e. The van der Waals surface area contributed by atoms with Crippen molar-refractivity contribution >= 4 is 12.2 Å². The molecule has 2 rings (SSSR count). The summed E-state index contributed by atoms with van der Waals surface area (Å²) in [7, 11) is 0. The SMILES string of the molecule is CC(C)=CCCC1(C)C=Cc2c(OC(=O)NC(C)C)cccc2O1. The largest absolute Gasteiger partial charge is 0.483 e. The molecule has 1 aliphatic heterocycles. The number of nitrogens with one attached hydrogen (secondary N) is 1. The first-order valence-electron chi connectivity index (χ1n) is 8.42. The molecule has 24 heavy (non-hydrogen) atoms. The maximum Gasteiger partial charge on any atom is 0.412 e. The molecule has 1 atom stereocenters. The normalized spacial score (nSPS) is 18.6. The number of hydrogen-bond acceptors (Lipinski definition) is 3. The lowest BCUT2D eigenvalue weighted by molar-refractivity contribution is 0.128. The topological polar surface area (TPSA) is 47.6 Å². The van der Waals surface area contributed by atoms with Gasteiger partial charge in [-0.1, -0.05) is 17.7 Å². The van der Waals surface area contributed by atoms with Crippen molar-refractivity contribution in [1.82, 2.24) is 5.32 Å². The quantitative estimate of drug-likeness (QED) is 0.765. The monoisotopic (exact) mass is 329 g/mol. The number of benzene rings is 1. The number of ether oxygens (including phenoxy) is 2. The van der Waals surface area contributed by atoms with Crippen LogP contribution >= 0.6 is 0 Å². The van der Waals surface area contributed by atoms with Gasteiger partial charge in [-0.3, -0.25) is 0 Å². The first-order chi connectivity index (χ1) is 11.3. The Morgan fingerprint density at radius 3 is 2.79 bits per heavy atom. The zero-order chi connectivity index (χ0) is 17.7. The molecule has 1 aromatic rings. The summed E-state index contributed by atoms with van der Waals surface area (Å²) >= 11 is 0. The van der Waals surface area contributed by atoms with Crippen molar-refractivity contribution in [3.05, 3.63) is 41.5 Å². The van der Waals surface area contributed by atoms with Crippen LogP contribution < -0.4 is 14.8 Å². The third kappa shape index (κ3) is 4.88. The van der Waals surface area contributed by atoms with E-state index in [9.17, 15) is 4.79 Å². The van der Waals surface area contributed by atoms with Crippen LogP contribution in [0.1, 0.15) is 53.0 Å². The highest BCUT2D eigenvalue weighted by Crippen LogP contribution is 2.38. The summed E-state index contributed by atoms with van der Waals surface area (Å²) in [5.74, 6) is 1.25. The molecule has 0 bridgehead atoms. The molecule has 0 saturated carbocycles. The van der Waals surface area contributed by atoms with Gasteiger partial charge in [0.1, 0.15) is 17.1 Å². The van der Waals surface area contributed by atoms with Crippen LogP contribution in [-0.2, 0) is 0 Å². The molecule has 4 nitrogen and oxygen atoms in total. The van der Waals surface area contributed by atoms with Crippen LogP contribution in [0.25, 0.3) is 6.08 Å². The Kier molecular flexibility index (Phi) is 5.71. The van der Waals surface area contributed by atoms with Gasteiger partial charge in [-0.25, -0.2) is 4.79 Å². The van der Waals surface area contributed by atoms with Crippen LogP contribution in [0, 0.1) is 0 Å². The minimum atomic E-state index is -0.455. The molecule has 1 N–H and O–H groups in total. The predicted octanol–water partition coefficient (Wildman–Crippen LogP) is 5.09. The molecule has 4 heteroatoms. The second-order valence-corrected chi connectivity index (χ2v) is 6.92. The Balaban J connectivity index is 2.13. The molecule has 1 unspecified atom stereocenters. The van der Waals surface area contributed by atoms with Crippen molar-refractivity contribution in [3.8, 4) is 11.5 Å². The Labute approximate surface area is 144 Å². The lowest BCUT2D eigenvalue weighted by atomic mass is 9.94. The van der Waals surface area contributed by atoms with Crippen molar-refractivity contribution in [2.24, 2.45) is 0 Å². The first-order valence-corrected chi connectivity index (χ1v) is 8.42. The summed E-state index contributed by atoms with van der Waals surface area (Å²) in [6.07, 6.45) is 7.65. The van der Waals surface area contributed by atoms with Gasteiger partial charge in [-0.05, 0) is 71.7 Å². The summed E-state index contributed by atoms with van der Waals surface area (Å²) in [5, 5.41) is 2.72. The second kappa shape index (κ2) is 7.56.